The maximum atomic E-state index is 6.27. The zero-order chi connectivity index (χ0) is 14.5. The lowest BCUT2D eigenvalue weighted by Gasteiger charge is -2.28. The van der Waals surface area contributed by atoms with Gasteiger partial charge in [0.25, 0.3) is 0 Å². The van der Waals surface area contributed by atoms with Gasteiger partial charge in [0.05, 0.1) is 11.7 Å². The zero-order valence-electron chi connectivity index (χ0n) is 11.3. The molecule has 0 radical (unpaired) electrons. The van der Waals surface area contributed by atoms with Crippen LogP contribution in [-0.2, 0) is 6.54 Å². The molecular formula is C15H17Cl2N3. The molecule has 3 nitrogen and oxygen atoms in total. The third kappa shape index (κ3) is 3.49. The van der Waals surface area contributed by atoms with Crippen LogP contribution in [0.1, 0.15) is 17.3 Å². The highest BCUT2D eigenvalue weighted by Crippen LogP contribution is 2.33. The lowest BCUT2D eigenvalue weighted by molar-refractivity contribution is 0.239. The molecule has 0 saturated heterocycles. The van der Waals surface area contributed by atoms with Gasteiger partial charge in [-0.1, -0.05) is 35.3 Å². The van der Waals surface area contributed by atoms with E-state index < -0.39 is 0 Å². The van der Waals surface area contributed by atoms with Gasteiger partial charge in [-0.2, -0.15) is 0 Å². The molecule has 2 N–H and O–H groups in total. The number of nitrogens with two attached hydrogens (primary N) is 1. The average molecular weight is 310 g/mol. The molecule has 0 amide bonds. The van der Waals surface area contributed by atoms with Crippen LogP contribution in [0.25, 0.3) is 0 Å². The van der Waals surface area contributed by atoms with Crippen LogP contribution in [-0.4, -0.2) is 23.5 Å². The average Bonchev–Trinajstić information content (AvgIpc) is 2.44. The van der Waals surface area contributed by atoms with E-state index in [0.29, 0.717) is 23.1 Å². The van der Waals surface area contributed by atoms with Gasteiger partial charge in [-0.25, -0.2) is 0 Å². The number of halogens is 2. The van der Waals surface area contributed by atoms with Crippen LogP contribution in [0.5, 0.6) is 0 Å². The first kappa shape index (κ1) is 15.3. The Hall–Kier alpha value is -1.13. The molecule has 1 aromatic carbocycles. The van der Waals surface area contributed by atoms with Crippen molar-refractivity contribution < 1.29 is 0 Å². The van der Waals surface area contributed by atoms with E-state index in [4.69, 9.17) is 28.9 Å². The van der Waals surface area contributed by atoms with Gasteiger partial charge in [-0.3, -0.25) is 9.88 Å². The van der Waals surface area contributed by atoms with Gasteiger partial charge in [0.2, 0.25) is 0 Å². The topological polar surface area (TPSA) is 42.2 Å². The van der Waals surface area contributed by atoms with Crippen molar-refractivity contribution in [1.29, 1.82) is 0 Å². The van der Waals surface area contributed by atoms with E-state index >= 15 is 0 Å². The Balaban J connectivity index is 2.24. The largest absolute Gasteiger partial charge is 0.329 e. The fraction of sp³-hybridized carbons (Fsp3) is 0.267. The summed E-state index contributed by atoms with van der Waals surface area (Å²) in [5.74, 6) is 0. The molecule has 0 spiro atoms. The first-order chi connectivity index (χ1) is 9.63. The lowest BCUT2D eigenvalue weighted by atomic mass is 10.1. The van der Waals surface area contributed by atoms with E-state index in [1.54, 1.807) is 6.20 Å². The molecule has 2 rings (SSSR count). The predicted molar refractivity (Wildman–Crippen MR) is 84.0 cm³/mol. The van der Waals surface area contributed by atoms with Gasteiger partial charge in [0, 0.05) is 34.9 Å². The molecule has 0 bridgehead atoms. The smallest absolute Gasteiger partial charge is 0.0544 e. The van der Waals surface area contributed by atoms with Crippen molar-refractivity contribution in [3.63, 3.8) is 0 Å². The predicted octanol–water partition coefficient (Wildman–Crippen LogP) is 3.52. The van der Waals surface area contributed by atoms with Crippen molar-refractivity contribution in [2.45, 2.75) is 12.6 Å². The second-order valence-corrected chi connectivity index (χ2v) is 5.44. The fourth-order valence-corrected chi connectivity index (χ4v) is 2.85. The second kappa shape index (κ2) is 7.04. The van der Waals surface area contributed by atoms with Crippen LogP contribution in [0.4, 0.5) is 0 Å². The quantitative estimate of drug-likeness (QED) is 0.919. The van der Waals surface area contributed by atoms with Gasteiger partial charge in [0.15, 0.2) is 0 Å². The SMILES string of the molecule is CN(Cc1ccccn1)C(CN)c1c(Cl)cccc1Cl. The van der Waals surface area contributed by atoms with Crippen molar-refractivity contribution in [1.82, 2.24) is 9.88 Å². The third-order valence-electron chi connectivity index (χ3n) is 3.23. The van der Waals surface area contributed by atoms with Crippen LogP contribution >= 0.6 is 23.2 Å². The number of likely N-dealkylation sites (N-methyl/N-ethyl adjacent to an activating group) is 1. The Bertz CT molecular complexity index is 540. The van der Waals surface area contributed by atoms with Crippen molar-refractivity contribution in [2.24, 2.45) is 5.73 Å². The summed E-state index contributed by atoms with van der Waals surface area (Å²) >= 11 is 12.5. The van der Waals surface area contributed by atoms with Gasteiger partial charge in [-0.05, 0) is 31.3 Å². The highest BCUT2D eigenvalue weighted by Gasteiger charge is 2.21. The molecule has 0 fully saturated rings. The van der Waals surface area contributed by atoms with Crippen molar-refractivity contribution in [2.75, 3.05) is 13.6 Å². The first-order valence-corrected chi connectivity index (χ1v) is 7.13. The van der Waals surface area contributed by atoms with E-state index in [1.807, 2.05) is 43.4 Å². The van der Waals surface area contributed by atoms with Crippen molar-refractivity contribution in [3.8, 4) is 0 Å². The molecule has 2 aromatic rings. The van der Waals surface area contributed by atoms with Crippen LogP contribution in [0.2, 0.25) is 10.0 Å². The molecule has 0 aliphatic rings. The van der Waals surface area contributed by atoms with Crippen LogP contribution < -0.4 is 5.73 Å². The van der Waals surface area contributed by atoms with Crippen LogP contribution in [0.15, 0.2) is 42.6 Å². The minimum absolute atomic E-state index is 0.0433. The van der Waals surface area contributed by atoms with E-state index in [0.717, 1.165) is 11.3 Å². The Morgan fingerprint density at radius 3 is 2.40 bits per heavy atom. The Morgan fingerprint density at radius 1 is 1.15 bits per heavy atom. The van der Waals surface area contributed by atoms with E-state index in [1.165, 1.54) is 0 Å². The summed E-state index contributed by atoms with van der Waals surface area (Å²) < 4.78 is 0. The summed E-state index contributed by atoms with van der Waals surface area (Å²) in [7, 11) is 1.99. The summed E-state index contributed by atoms with van der Waals surface area (Å²) in [5, 5.41) is 1.28. The molecule has 1 heterocycles. The standard InChI is InChI=1S/C15H17Cl2N3/c1-20(10-11-5-2-3-8-19-11)14(9-18)15-12(16)6-4-7-13(15)17/h2-8,14H,9-10,18H2,1H3. The van der Waals surface area contributed by atoms with Gasteiger partial charge in [0.1, 0.15) is 0 Å². The maximum Gasteiger partial charge on any atom is 0.0544 e. The molecule has 106 valence electrons. The van der Waals surface area contributed by atoms with Crippen LogP contribution in [0.3, 0.4) is 0 Å². The number of benzene rings is 1. The number of aromatic nitrogens is 1. The summed E-state index contributed by atoms with van der Waals surface area (Å²) in [5.41, 5.74) is 7.77. The molecule has 5 heteroatoms. The summed E-state index contributed by atoms with van der Waals surface area (Å²) in [6.07, 6.45) is 1.78. The summed E-state index contributed by atoms with van der Waals surface area (Å²) in [6.45, 7) is 1.12. The molecule has 0 saturated carbocycles. The molecule has 20 heavy (non-hydrogen) atoms. The monoisotopic (exact) mass is 309 g/mol. The van der Waals surface area contributed by atoms with Gasteiger partial charge in [-0.15, -0.1) is 0 Å². The van der Waals surface area contributed by atoms with Crippen molar-refractivity contribution >= 4 is 23.2 Å². The number of pyridine rings is 1. The minimum Gasteiger partial charge on any atom is -0.329 e. The summed E-state index contributed by atoms with van der Waals surface area (Å²) in [6, 6.07) is 11.3. The normalized spacial score (nSPS) is 12.7. The molecule has 1 unspecified atom stereocenters. The third-order valence-corrected chi connectivity index (χ3v) is 3.88. The maximum absolute atomic E-state index is 6.27. The molecular weight excluding hydrogens is 293 g/mol. The number of nitrogens with zero attached hydrogens (tertiary/aromatic N) is 2. The molecule has 1 aromatic heterocycles. The Labute approximate surface area is 129 Å². The zero-order valence-corrected chi connectivity index (χ0v) is 12.8. The lowest BCUT2D eigenvalue weighted by Crippen LogP contribution is -2.31. The minimum atomic E-state index is -0.0433. The number of hydrogen-bond donors (Lipinski definition) is 1. The van der Waals surface area contributed by atoms with Crippen molar-refractivity contribution in [3.05, 3.63) is 63.9 Å². The van der Waals surface area contributed by atoms with Gasteiger partial charge >= 0.3 is 0 Å². The Morgan fingerprint density at radius 2 is 1.85 bits per heavy atom. The van der Waals surface area contributed by atoms with E-state index in [2.05, 4.69) is 9.88 Å². The second-order valence-electron chi connectivity index (χ2n) is 4.62. The fourth-order valence-electron chi connectivity index (χ4n) is 2.20. The Kier molecular flexibility index (Phi) is 5.38. The van der Waals surface area contributed by atoms with E-state index in [9.17, 15) is 0 Å². The number of rotatable bonds is 5. The molecule has 1 atom stereocenters. The number of hydrogen-bond acceptors (Lipinski definition) is 3. The van der Waals surface area contributed by atoms with Crippen LogP contribution in [0, 0.1) is 0 Å². The first-order valence-electron chi connectivity index (χ1n) is 6.37. The van der Waals surface area contributed by atoms with Gasteiger partial charge < -0.3 is 5.73 Å². The molecule has 0 aliphatic carbocycles. The summed E-state index contributed by atoms with van der Waals surface area (Å²) in [4.78, 5) is 6.43. The highest BCUT2D eigenvalue weighted by molar-refractivity contribution is 6.36. The molecule has 0 aliphatic heterocycles. The van der Waals surface area contributed by atoms with E-state index in [-0.39, 0.29) is 6.04 Å². The highest BCUT2D eigenvalue weighted by atomic mass is 35.5.